The Hall–Kier alpha value is -4.33. The number of carbonyl (C=O) groups is 3. The summed E-state index contributed by atoms with van der Waals surface area (Å²) in [5, 5.41) is 11.4. The van der Waals surface area contributed by atoms with Crippen LogP contribution in [0.5, 0.6) is 11.5 Å². The number of amides is 3. The monoisotopic (exact) mass is 565 g/mol. The van der Waals surface area contributed by atoms with Gasteiger partial charge in [0.05, 0.1) is 28.2 Å². The van der Waals surface area contributed by atoms with Gasteiger partial charge >= 0.3 is 0 Å². The van der Waals surface area contributed by atoms with Crippen molar-refractivity contribution in [1.82, 2.24) is 4.90 Å². The van der Waals surface area contributed by atoms with Crippen LogP contribution >= 0.6 is 23.4 Å². The zero-order valence-corrected chi connectivity index (χ0v) is 22.1. The van der Waals surface area contributed by atoms with Crippen molar-refractivity contribution in [3.8, 4) is 17.6 Å². The quantitative estimate of drug-likeness (QED) is 0.317. The van der Waals surface area contributed by atoms with Gasteiger partial charge in [-0.15, -0.1) is 0 Å². The number of imide groups is 1. The molecule has 0 radical (unpaired) electrons. The lowest BCUT2D eigenvalue weighted by molar-refractivity contribution is -0.127. The van der Waals surface area contributed by atoms with Crippen molar-refractivity contribution >= 4 is 52.2 Å². The van der Waals surface area contributed by atoms with E-state index in [9.17, 15) is 24.0 Å². The maximum atomic E-state index is 13.1. The van der Waals surface area contributed by atoms with Crippen LogP contribution in [0.15, 0.2) is 65.6 Å². The van der Waals surface area contributed by atoms with Crippen molar-refractivity contribution in [3.63, 3.8) is 0 Å². The van der Waals surface area contributed by atoms with Gasteiger partial charge in [0.25, 0.3) is 11.1 Å². The van der Waals surface area contributed by atoms with E-state index in [1.165, 1.54) is 30.3 Å². The highest BCUT2D eigenvalue weighted by atomic mass is 35.5. The van der Waals surface area contributed by atoms with Crippen molar-refractivity contribution < 1.29 is 28.2 Å². The van der Waals surface area contributed by atoms with Crippen LogP contribution in [0.4, 0.5) is 14.9 Å². The molecule has 0 saturated carbocycles. The molecule has 1 N–H and O–H groups in total. The van der Waals surface area contributed by atoms with E-state index < -0.39 is 29.4 Å². The van der Waals surface area contributed by atoms with Crippen molar-refractivity contribution in [2.24, 2.45) is 0 Å². The zero-order chi connectivity index (χ0) is 27.9. The van der Waals surface area contributed by atoms with Gasteiger partial charge in [-0.05, 0) is 72.8 Å². The van der Waals surface area contributed by atoms with Crippen LogP contribution in [0.2, 0.25) is 5.02 Å². The first-order valence-electron chi connectivity index (χ1n) is 11.7. The molecule has 0 atom stereocenters. The van der Waals surface area contributed by atoms with Crippen molar-refractivity contribution in [1.29, 1.82) is 5.26 Å². The first kappa shape index (κ1) is 27.7. The van der Waals surface area contributed by atoms with Crippen molar-refractivity contribution in [2.75, 3.05) is 18.5 Å². The Labute approximate surface area is 233 Å². The summed E-state index contributed by atoms with van der Waals surface area (Å²) >= 11 is 7.19. The molecule has 11 heteroatoms. The van der Waals surface area contributed by atoms with E-state index in [0.29, 0.717) is 46.5 Å². The standard InChI is InChI=1S/C28H21ClFN3O5S/c1-2-37-23-12-17(11-22(29)26(23)38-16-19-6-4-3-5-18(19)14-31)13-24-27(35)33(28(36)39-24)15-25(34)32-21-9-7-20(30)8-10-21/h3-13H,2,15-16H2,1H3,(H,32,34)/b24-13-. The number of rotatable bonds is 9. The van der Waals surface area contributed by atoms with Gasteiger partial charge in [-0.25, -0.2) is 4.39 Å². The van der Waals surface area contributed by atoms with Crippen LogP contribution in [0.3, 0.4) is 0 Å². The number of nitriles is 1. The van der Waals surface area contributed by atoms with E-state index in [1.807, 2.05) is 0 Å². The number of thioether (sulfide) groups is 1. The fourth-order valence-electron chi connectivity index (χ4n) is 3.64. The lowest BCUT2D eigenvalue weighted by Crippen LogP contribution is -2.36. The number of nitrogens with one attached hydrogen (secondary N) is 1. The third kappa shape index (κ3) is 6.76. The SMILES string of the molecule is CCOc1cc(/C=C2\SC(=O)N(CC(=O)Nc3ccc(F)cc3)C2=O)cc(Cl)c1OCc1ccccc1C#N. The van der Waals surface area contributed by atoms with E-state index in [4.69, 9.17) is 21.1 Å². The highest BCUT2D eigenvalue weighted by Gasteiger charge is 2.36. The van der Waals surface area contributed by atoms with Gasteiger partial charge in [-0.3, -0.25) is 19.3 Å². The Kier molecular flexibility index (Phi) is 8.86. The third-order valence-corrected chi connectivity index (χ3v) is 6.63. The predicted molar refractivity (Wildman–Crippen MR) is 146 cm³/mol. The van der Waals surface area contributed by atoms with E-state index in [1.54, 1.807) is 43.3 Å². The van der Waals surface area contributed by atoms with Gasteiger partial charge in [0.2, 0.25) is 5.91 Å². The van der Waals surface area contributed by atoms with Crippen molar-refractivity contribution in [3.05, 3.63) is 93.1 Å². The fourth-order valence-corrected chi connectivity index (χ4v) is 4.76. The zero-order valence-electron chi connectivity index (χ0n) is 20.6. The summed E-state index contributed by atoms with van der Waals surface area (Å²) < 4.78 is 24.7. The summed E-state index contributed by atoms with van der Waals surface area (Å²) in [5.74, 6) is -1.11. The van der Waals surface area contributed by atoms with E-state index in [0.717, 1.165) is 4.90 Å². The molecular formula is C28H21ClFN3O5S. The Morgan fingerprint density at radius 2 is 1.90 bits per heavy atom. The molecule has 1 heterocycles. The average Bonchev–Trinajstić information content (AvgIpc) is 3.17. The molecule has 3 amide bonds. The molecule has 3 aromatic carbocycles. The second-order valence-corrected chi connectivity index (χ2v) is 9.54. The van der Waals surface area contributed by atoms with E-state index in [-0.39, 0.29) is 22.3 Å². The Bertz CT molecular complexity index is 1500. The minimum Gasteiger partial charge on any atom is -0.490 e. The highest BCUT2D eigenvalue weighted by Crippen LogP contribution is 2.39. The summed E-state index contributed by atoms with van der Waals surface area (Å²) in [6.07, 6.45) is 1.48. The number of ether oxygens (including phenoxy) is 2. The average molecular weight is 566 g/mol. The number of carbonyl (C=O) groups excluding carboxylic acids is 3. The Balaban J connectivity index is 1.50. The lowest BCUT2D eigenvalue weighted by Gasteiger charge is -2.15. The molecule has 0 spiro atoms. The van der Waals surface area contributed by atoms with E-state index >= 15 is 0 Å². The number of hydrogen-bond donors (Lipinski definition) is 1. The molecule has 1 aliphatic heterocycles. The maximum absolute atomic E-state index is 13.1. The summed E-state index contributed by atoms with van der Waals surface area (Å²) in [4.78, 5) is 38.7. The molecule has 4 rings (SSSR count). The minimum absolute atomic E-state index is 0.0851. The molecule has 198 valence electrons. The smallest absolute Gasteiger partial charge is 0.294 e. The first-order valence-corrected chi connectivity index (χ1v) is 12.9. The molecule has 0 aliphatic carbocycles. The van der Waals surface area contributed by atoms with Crippen LogP contribution in [-0.2, 0) is 16.2 Å². The summed E-state index contributed by atoms with van der Waals surface area (Å²) in [6.45, 7) is 1.69. The van der Waals surface area contributed by atoms with Crippen molar-refractivity contribution in [2.45, 2.75) is 13.5 Å². The van der Waals surface area contributed by atoms with Gasteiger partial charge < -0.3 is 14.8 Å². The molecule has 0 bridgehead atoms. The molecule has 0 aromatic heterocycles. The van der Waals surface area contributed by atoms with Gasteiger partial charge in [-0.1, -0.05) is 29.8 Å². The number of hydrogen-bond acceptors (Lipinski definition) is 7. The molecule has 39 heavy (non-hydrogen) atoms. The van der Waals surface area contributed by atoms with Crippen LogP contribution in [0.25, 0.3) is 6.08 Å². The van der Waals surface area contributed by atoms with E-state index in [2.05, 4.69) is 11.4 Å². The largest absolute Gasteiger partial charge is 0.490 e. The van der Waals surface area contributed by atoms with Crippen LogP contribution < -0.4 is 14.8 Å². The Morgan fingerprint density at radius 1 is 1.15 bits per heavy atom. The Morgan fingerprint density at radius 3 is 2.62 bits per heavy atom. The van der Waals surface area contributed by atoms with Gasteiger partial charge in [0, 0.05) is 11.3 Å². The topological polar surface area (TPSA) is 109 Å². The first-order chi connectivity index (χ1) is 18.8. The third-order valence-electron chi connectivity index (χ3n) is 5.44. The summed E-state index contributed by atoms with van der Waals surface area (Å²) in [5.41, 5.74) is 1.97. The molecule has 3 aromatic rings. The lowest BCUT2D eigenvalue weighted by atomic mass is 10.1. The fraction of sp³-hybridized carbons (Fsp3) is 0.143. The van der Waals surface area contributed by atoms with Gasteiger partial charge in [-0.2, -0.15) is 5.26 Å². The summed E-state index contributed by atoms with van der Waals surface area (Å²) in [7, 11) is 0. The molecule has 1 fully saturated rings. The van der Waals surface area contributed by atoms with Gasteiger partial charge in [0.15, 0.2) is 11.5 Å². The normalized spacial score (nSPS) is 13.9. The van der Waals surface area contributed by atoms with Crippen LogP contribution in [-0.4, -0.2) is 35.1 Å². The maximum Gasteiger partial charge on any atom is 0.294 e. The highest BCUT2D eigenvalue weighted by molar-refractivity contribution is 8.18. The van der Waals surface area contributed by atoms with Crippen LogP contribution in [0, 0.1) is 17.1 Å². The predicted octanol–water partition coefficient (Wildman–Crippen LogP) is 6.00. The molecular weight excluding hydrogens is 545 g/mol. The minimum atomic E-state index is -0.637. The second kappa shape index (κ2) is 12.5. The van der Waals surface area contributed by atoms with Crippen LogP contribution in [0.1, 0.15) is 23.6 Å². The second-order valence-electron chi connectivity index (χ2n) is 8.14. The molecule has 0 unspecified atom stereocenters. The molecule has 1 saturated heterocycles. The summed E-state index contributed by atoms with van der Waals surface area (Å²) in [6, 6.07) is 17.4. The van der Waals surface area contributed by atoms with Gasteiger partial charge in [0.1, 0.15) is 19.0 Å². The molecule has 8 nitrogen and oxygen atoms in total. The molecule has 1 aliphatic rings. The number of benzene rings is 3. The number of anilines is 1. The number of halogens is 2. The number of nitrogens with zero attached hydrogens (tertiary/aromatic N) is 2.